The molecule has 0 radical (unpaired) electrons. The number of carbonyl (C=O) groups is 2. The van der Waals surface area contributed by atoms with E-state index >= 15 is 0 Å². The van der Waals surface area contributed by atoms with Crippen LogP contribution in [0.25, 0.3) is 5.69 Å². The SMILES string of the molecule is CC(=O)Nc1ccc(NC(=O)CSc2nnc(C(C)Oc3ccccc3Cl)n2-c2ccccc2)cc1. The van der Waals surface area contributed by atoms with Gasteiger partial charge >= 0.3 is 0 Å². The molecule has 0 saturated heterocycles. The zero-order valence-corrected chi connectivity index (χ0v) is 21.2. The van der Waals surface area contributed by atoms with Crippen molar-refractivity contribution in [2.24, 2.45) is 0 Å². The summed E-state index contributed by atoms with van der Waals surface area (Å²) in [6.07, 6.45) is -0.456. The number of rotatable bonds is 9. The Morgan fingerprint density at radius 1 is 0.944 bits per heavy atom. The highest BCUT2D eigenvalue weighted by Gasteiger charge is 2.22. The number of hydrogen-bond donors (Lipinski definition) is 2. The standard InChI is InChI=1S/C26H24ClN5O3S/c1-17(35-23-11-7-6-10-22(23)27)25-30-31-26(32(25)21-8-4-3-5-9-21)36-16-24(34)29-20-14-12-19(13-15-20)28-18(2)33/h3-15,17H,16H2,1-2H3,(H,28,33)(H,29,34). The van der Waals surface area contributed by atoms with E-state index in [2.05, 4.69) is 20.8 Å². The second-order valence-electron chi connectivity index (χ2n) is 7.80. The van der Waals surface area contributed by atoms with Crippen molar-refractivity contribution in [3.8, 4) is 11.4 Å². The van der Waals surface area contributed by atoms with Gasteiger partial charge in [-0.3, -0.25) is 14.2 Å². The van der Waals surface area contributed by atoms with E-state index in [1.807, 2.05) is 54.0 Å². The van der Waals surface area contributed by atoms with Gasteiger partial charge in [-0.05, 0) is 55.5 Å². The van der Waals surface area contributed by atoms with Crippen molar-refractivity contribution in [2.75, 3.05) is 16.4 Å². The lowest BCUT2D eigenvalue weighted by molar-refractivity contribution is -0.114. The first-order chi connectivity index (χ1) is 17.4. The first kappa shape index (κ1) is 25.3. The highest BCUT2D eigenvalue weighted by atomic mass is 35.5. The van der Waals surface area contributed by atoms with Crippen LogP contribution in [0.4, 0.5) is 11.4 Å². The summed E-state index contributed by atoms with van der Waals surface area (Å²) >= 11 is 7.53. The molecule has 10 heteroatoms. The quantitative estimate of drug-likeness (QED) is 0.272. The van der Waals surface area contributed by atoms with E-state index in [4.69, 9.17) is 16.3 Å². The summed E-state index contributed by atoms with van der Waals surface area (Å²) in [6, 6.07) is 23.8. The lowest BCUT2D eigenvalue weighted by Crippen LogP contribution is -2.15. The molecular weight excluding hydrogens is 498 g/mol. The van der Waals surface area contributed by atoms with Crippen LogP contribution in [0, 0.1) is 0 Å². The molecule has 3 aromatic carbocycles. The highest BCUT2D eigenvalue weighted by Crippen LogP contribution is 2.31. The fraction of sp³-hybridized carbons (Fsp3) is 0.154. The number of para-hydroxylation sites is 2. The summed E-state index contributed by atoms with van der Waals surface area (Å²) in [5, 5.41) is 15.3. The third-order valence-electron chi connectivity index (χ3n) is 5.00. The van der Waals surface area contributed by atoms with Crippen LogP contribution in [0.2, 0.25) is 5.02 Å². The van der Waals surface area contributed by atoms with Crippen LogP contribution in [0.3, 0.4) is 0 Å². The Balaban J connectivity index is 1.48. The Morgan fingerprint density at radius 2 is 1.58 bits per heavy atom. The predicted octanol–water partition coefficient (Wildman–Crippen LogP) is 5.75. The number of carbonyl (C=O) groups excluding carboxylic acids is 2. The smallest absolute Gasteiger partial charge is 0.234 e. The molecule has 4 rings (SSSR count). The number of benzene rings is 3. The molecule has 1 atom stereocenters. The van der Waals surface area contributed by atoms with Crippen LogP contribution in [0.5, 0.6) is 5.75 Å². The van der Waals surface area contributed by atoms with Gasteiger partial charge in [-0.25, -0.2) is 0 Å². The molecule has 184 valence electrons. The molecule has 0 bridgehead atoms. The van der Waals surface area contributed by atoms with Gasteiger partial charge in [0.1, 0.15) is 5.75 Å². The van der Waals surface area contributed by atoms with E-state index in [1.54, 1.807) is 36.4 Å². The summed E-state index contributed by atoms with van der Waals surface area (Å²) < 4.78 is 7.95. The van der Waals surface area contributed by atoms with E-state index in [-0.39, 0.29) is 17.6 Å². The van der Waals surface area contributed by atoms with Gasteiger partial charge in [0.25, 0.3) is 0 Å². The number of thioether (sulfide) groups is 1. The minimum Gasteiger partial charge on any atom is -0.481 e. The number of hydrogen-bond acceptors (Lipinski definition) is 6. The number of nitrogens with one attached hydrogen (secondary N) is 2. The van der Waals surface area contributed by atoms with Crippen LogP contribution in [0.15, 0.2) is 84.0 Å². The summed E-state index contributed by atoms with van der Waals surface area (Å²) in [6.45, 7) is 3.31. The van der Waals surface area contributed by atoms with Crippen molar-refractivity contribution in [1.82, 2.24) is 14.8 Å². The Kier molecular flexibility index (Phi) is 8.24. The van der Waals surface area contributed by atoms with Crippen LogP contribution in [0.1, 0.15) is 25.8 Å². The fourth-order valence-corrected chi connectivity index (χ4v) is 4.35. The highest BCUT2D eigenvalue weighted by molar-refractivity contribution is 7.99. The van der Waals surface area contributed by atoms with Crippen LogP contribution < -0.4 is 15.4 Å². The molecule has 0 aliphatic heterocycles. The lowest BCUT2D eigenvalue weighted by atomic mass is 10.3. The van der Waals surface area contributed by atoms with E-state index in [0.717, 1.165) is 5.69 Å². The molecule has 0 fully saturated rings. The molecule has 0 aliphatic rings. The van der Waals surface area contributed by atoms with Gasteiger partial charge in [0.05, 0.1) is 10.8 Å². The van der Waals surface area contributed by atoms with Gasteiger partial charge in [-0.15, -0.1) is 10.2 Å². The van der Waals surface area contributed by atoms with Crippen LogP contribution >= 0.6 is 23.4 Å². The van der Waals surface area contributed by atoms with E-state index in [0.29, 0.717) is 33.1 Å². The maximum Gasteiger partial charge on any atom is 0.234 e. The number of nitrogens with zero attached hydrogens (tertiary/aromatic N) is 3. The van der Waals surface area contributed by atoms with Gasteiger partial charge in [-0.2, -0.15) is 0 Å². The van der Waals surface area contributed by atoms with Gasteiger partial charge in [0.15, 0.2) is 17.1 Å². The number of anilines is 2. The third kappa shape index (κ3) is 6.44. The van der Waals surface area contributed by atoms with Crippen molar-refractivity contribution in [1.29, 1.82) is 0 Å². The molecule has 8 nitrogen and oxygen atoms in total. The summed E-state index contributed by atoms with van der Waals surface area (Å²) in [7, 11) is 0. The van der Waals surface area contributed by atoms with Gasteiger partial charge in [-0.1, -0.05) is 53.7 Å². The normalized spacial score (nSPS) is 11.5. The minimum absolute atomic E-state index is 0.123. The maximum atomic E-state index is 12.6. The molecular formula is C26H24ClN5O3S. The Bertz CT molecular complexity index is 1350. The zero-order valence-electron chi connectivity index (χ0n) is 19.6. The van der Waals surface area contributed by atoms with Gasteiger partial charge < -0.3 is 15.4 Å². The van der Waals surface area contributed by atoms with Crippen molar-refractivity contribution in [3.05, 3.63) is 89.7 Å². The first-order valence-electron chi connectivity index (χ1n) is 11.1. The van der Waals surface area contributed by atoms with Crippen molar-refractivity contribution < 1.29 is 14.3 Å². The largest absolute Gasteiger partial charge is 0.481 e. The van der Waals surface area contributed by atoms with Crippen LogP contribution in [-0.4, -0.2) is 32.3 Å². The lowest BCUT2D eigenvalue weighted by Gasteiger charge is -2.17. The predicted molar refractivity (Wildman–Crippen MR) is 142 cm³/mol. The number of halogens is 1. The van der Waals surface area contributed by atoms with E-state index in [1.165, 1.54) is 18.7 Å². The Hall–Kier alpha value is -3.82. The van der Waals surface area contributed by atoms with Gasteiger partial charge in [0, 0.05) is 24.0 Å². The first-order valence-corrected chi connectivity index (χ1v) is 12.5. The van der Waals surface area contributed by atoms with E-state index < -0.39 is 6.10 Å². The topological polar surface area (TPSA) is 98.1 Å². The number of ether oxygens (including phenoxy) is 1. The summed E-state index contributed by atoms with van der Waals surface area (Å²) in [4.78, 5) is 23.8. The van der Waals surface area contributed by atoms with Crippen molar-refractivity contribution in [3.63, 3.8) is 0 Å². The zero-order chi connectivity index (χ0) is 25.5. The molecule has 0 saturated carbocycles. The molecule has 1 unspecified atom stereocenters. The molecule has 2 N–H and O–H groups in total. The number of aromatic nitrogens is 3. The van der Waals surface area contributed by atoms with E-state index in [9.17, 15) is 9.59 Å². The average Bonchev–Trinajstić information content (AvgIpc) is 3.30. The summed E-state index contributed by atoms with van der Waals surface area (Å²) in [5.74, 6) is 0.900. The van der Waals surface area contributed by atoms with Crippen molar-refractivity contribution in [2.45, 2.75) is 25.1 Å². The van der Waals surface area contributed by atoms with Crippen LogP contribution in [-0.2, 0) is 9.59 Å². The maximum absolute atomic E-state index is 12.6. The second kappa shape index (κ2) is 11.7. The molecule has 2 amide bonds. The second-order valence-corrected chi connectivity index (χ2v) is 9.15. The van der Waals surface area contributed by atoms with Gasteiger partial charge in [0.2, 0.25) is 11.8 Å². The molecule has 0 spiro atoms. The molecule has 0 aliphatic carbocycles. The molecule has 4 aromatic rings. The third-order valence-corrected chi connectivity index (χ3v) is 6.24. The Labute approximate surface area is 218 Å². The Morgan fingerprint density at radius 3 is 2.25 bits per heavy atom. The minimum atomic E-state index is -0.456. The monoisotopic (exact) mass is 521 g/mol. The van der Waals surface area contributed by atoms with Crippen molar-refractivity contribution >= 4 is 46.6 Å². The summed E-state index contributed by atoms with van der Waals surface area (Å²) in [5.41, 5.74) is 2.14. The molecule has 1 heterocycles. The fourth-order valence-electron chi connectivity index (χ4n) is 3.41. The number of amides is 2. The average molecular weight is 522 g/mol. The molecule has 36 heavy (non-hydrogen) atoms. The molecule has 1 aromatic heterocycles.